The minimum atomic E-state index is -0.811. The van der Waals surface area contributed by atoms with E-state index in [1.165, 1.54) is 5.56 Å². The summed E-state index contributed by atoms with van der Waals surface area (Å²) in [5.41, 5.74) is 1.19. The summed E-state index contributed by atoms with van der Waals surface area (Å²) < 4.78 is 0. The normalized spacial score (nSPS) is 19.5. The van der Waals surface area contributed by atoms with E-state index < -0.39 is 11.9 Å². The molecule has 2 amide bonds. The van der Waals surface area contributed by atoms with Crippen molar-refractivity contribution in [1.82, 2.24) is 10.2 Å². The molecule has 2 unspecified atom stereocenters. The molecule has 5 nitrogen and oxygen atoms in total. The van der Waals surface area contributed by atoms with Crippen LogP contribution in [0, 0.1) is 5.92 Å². The van der Waals surface area contributed by atoms with Crippen LogP contribution in [-0.2, 0) is 11.2 Å². The molecule has 0 aromatic heterocycles. The van der Waals surface area contributed by atoms with Gasteiger partial charge in [0.15, 0.2) is 0 Å². The van der Waals surface area contributed by atoms with Crippen molar-refractivity contribution in [3.8, 4) is 0 Å². The van der Waals surface area contributed by atoms with Crippen molar-refractivity contribution in [2.45, 2.75) is 38.6 Å². The minimum Gasteiger partial charge on any atom is -0.481 e. The third kappa shape index (κ3) is 4.48. The molecular formula is C17H24N2O3. The van der Waals surface area contributed by atoms with Crippen molar-refractivity contribution in [2.24, 2.45) is 5.92 Å². The number of hydrogen-bond acceptors (Lipinski definition) is 2. The van der Waals surface area contributed by atoms with Crippen molar-refractivity contribution >= 4 is 12.0 Å². The number of likely N-dealkylation sites (tertiary alicyclic amines) is 1. The van der Waals surface area contributed by atoms with Crippen molar-refractivity contribution in [3.05, 3.63) is 35.9 Å². The first-order valence-corrected chi connectivity index (χ1v) is 7.92. The first kappa shape index (κ1) is 16.3. The number of urea groups is 1. The lowest BCUT2D eigenvalue weighted by Crippen LogP contribution is -2.50. The molecule has 1 aliphatic heterocycles. The number of carboxylic acid groups (broad SMARTS) is 1. The molecular weight excluding hydrogens is 280 g/mol. The summed E-state index contributed by atoms with van der Waals surface area (Å²) in [6.07, 6.45) is 3.04. The third-order valence-corrected chi connectivity index (χ3v) is 4.20. The topological polar surface area (TPSA) is 69.6 Å². The Labute approximate surface area is 131 Å². The molecule has 1 heterocycles. The average Bonchev–Trinajstić information content (AvgIpc) is 2.55. The maximum absolute atomic E-state index is 12.3. The Hall–Kier alpha value is -2.04. The molecule has 0 radical (unpaired) electrons. The SMILES string of the molecule is CCC(Cc1ccccc1)NC(=O)N1CCCC(C(=O)O)C1. The number of carbonyl (C=O) groups excluding carboxylic acids is 1. The number of amides is 2. The molecule has 5 heteroatoms. The number of carbonyl (C=O) groups is 2. The van der Waals surface area contributed by atoms with Crippen molar-refractivity contribution < 1.29 is 14.7 Å². The van der Waals surface area contributed by atoms with E-state index in [2.05, 4.69) is 17.4 Å². The fourth-order valence-corrected chi connectivity index (χ4v) is 2.83. The molecule has 2 atom stereocenters. The molecule has 1 saturated heterocycles. The van der Waals surface area contributed by atoms with Crippen molar-refractivity contribution in [2.75, 3.05) is 13.1 Å². The van der Waals surface area contributed by atoms with Crippen LogP contribution in [0.5, 0.6) is 0 Å². The van der Waals surface area contributed by atoms with Crippen LogP contribution in [0.25, 0.3) is 0 Å². The molecule has 120 valence electrons. The van der Waals surface area contributed by atoms with Crippen LogP contribution in [0.15, 0.2) is 30.3 Å². The van der Waals surface area contributed by atoms with Gasteiger partial charge in [0, 0.05) is 19.1 Å². The van der Waals surface area contributed by atoms with Crippen LogP contribution in [0.3, 0.4) is 0 Å². The van der Waals surface area contributed by atoms with Gasteiger partial charge in [0.1, 0.15) is 0 Å². The highest BCUT2D eigenvalue weighted by molar-refractivity contribution is 5.76. The van der Waals surface area contributed by atoms with Crippen LogP contribution in [0.2, 0.25) is 0 Å². The smallest absolute Gasteiger partial charge is 0.317 e. The molecule has 0 saturated carbocycles. The molecule has 0 spiro atoms. The molecule has 0 bridgehead atoms. The number of nitrogens with one attached hydrogen (secondary N) is 1. The largest absolute Gasteiger partial charge is 0.481 e. The van der Waals surface area contributed by atoms with Crippen LogP contribution in [-0.4, -0.2) is 41.1 Å². The number of rotatable bonds is 5. The molecule has 1 fully saturated rings. The average molecular weight is 304 g/mol. The number of piperidine rings is 1. The number of carboxylic acids is 1. The van der Waals surface area contributed by atoms with E-state index in [1.54, 1.807) is 4.90 Å². The maximum atomic E-state index is 12.3. The summed E-state index contributed by atoms with van der Waals surface area (Å²) in [4.78, 5) is 25.1. The molecule has 2 rings (SSSR count). The zero-order valence-electron chi connectivity index (χ0n) is 13.0. The van der Waals surface area contributed by atoms with Gasteiger partial charge in [-0.2, -0.15) is 0 Å². The van der Waals surface area contributed by atoms with E-state index in [1.807, 2.05) is 25.1 Å². The predicted molar refractivity (Wildman–Crippen MR) is 84.7 cm³/mol. The van der Waals surface area contributed by atoms with Crippen LogP contribution < -0.4 is 5.32 Å². The van der Waals surface area contributed by atoms with Gasteiger partial charge in [0.05, 0.1) is 5.92 Å². The van der Waals surface area contributed by atoms with E-state index in [9.17, 15) is 9.59 Å². The lowest BCUT2D eigenvalue weighted by atomic mass is 9.98. The Kier molecular flexibility index (Phi) is 5.81. The van der Waals surface area contributed by atoms with Crippen molar-refractivity contribution in [3.63, 3.8) is 0 Å². The highest BCUT2D eigenvalue weighted by Crippen LogP contribution is 2.17. The number of benzene rings is 1. The fourth-order valence-electron chi connectivity index (χ4n) is 2.83. The van der Waals surface area contributed by atoms with Gasteiger partial charge in [-0.1, -0.05) is 37.3 Å². The fraction of sp³-hybridized carbons (Fsp3) is 0.529. The Morgan fingerprint density at radius 3 is 2.73 bits per heavy atom. The predicted octanol–water partition coefficient (Wildman–Crippen LogP) is 2.51. The van der Waals surface area contributed by atoms with Gasteiger partial charge in [-0.15, -0.1) is 0 Å². The Balaban J connectivity index is 1.90. The van der Waals surface area contributed by atoms with Gasteiger partial charge in [-0.25, -0.2) is 4.79 Å². The van der Waals surface area contributed by atoms with E-state index in [-0.39, 0.29) is 12.1 Å². The summed E-state index contributed by atoms with van der Waals surface area (Å²) in [5.74, 6) is -1.25. The summed E-state index contributed by atoms with van der Waals surface area (Å²) in [6.45, 7) is 2.99. The number of nitrogens with zero attached hydrogens (tertiary/aromatic N) is 1. The monoisotopic (exact) mass is 304 g/mol. The highest BCUT2D eigenvalue weighted by atomic mass is 16.4. The molecule has 2 N–H and O–H groups in total. The second-order valence-corrected chi connectivity index (χ2v) is 5.87. The van der Waals surface area contributed by atoms with Gasteiger partial charge >= 0.3 is 12.0 Å². The van der Waals surface area contributed by atoms with Crippen LogP contribution >= 0.6 is 0 Å². The Bertz CT molecular complexity index is 504. The third-order valence-electron chi connectivity index (χ3n) is 4.20. The molecule has 1 aromatic carbocycles. The minimum absolute atomic E-state index is 0.0695. The van der Waals surface area contributed by atoms with Gasteiger partial charge in [-0.05, 0) is 31.2 Å². The lowest BCUT2D eigenvalue weighted by Gasteiger charge is -2.32. The second kappa shape index (κ2) is 7.82. The van der Waals surface area contributed by atoms with Gasteiger partial charge in [0.2, 0.25) is 0 Å². The van der Waals surface area contributed by atoms with E-state index >= 15 is 0 Å². The molecule has 0 aliphatic carbocycles. The van der Waals surface area contributed by atoms with Gasteiger partial charge in [0.25, 0.3) is 0 Å². The first-order valence-electron chi connectivity index (χ1n) is 7.92. The number of hydrogen-bond donors (Lipinski definition) is 2. The summed E-state index contributed by atoms with van der Waals surface area (Å²) in [6, 6.07) is 9.99. The number of aliphatic carboxylic acids is 1. The quantitative estimate of drug-likeness (QED) is 0.878. The zero-order chi connectivity index (χ0) is 15.9. The summed E-state index contributed by atoms with van der Waals surface area (Å²) in [7, 11) is 0. The van der Waals surface area contributed by atoms with Gasteiger partial charge in [-0.3, -0.25) is 4.79 Å². The first-order chi connectivity index (χ1) is 10.6. The molecule has 1 aromatic rings. The maximum Gasteiger partial charge on any atom is 0.317 e. The standard InChI is InChI=1S/C17H24N2O3/c1-2-15(11-13-7-4-3-5-8-13)18-17(22)19-10-6-9-14(12-19)16(20)21/h3-5,7-8,14-15H,2,6,9-12H2,1H3,(H,18,22)(H,20,21). The summed E-state index contributed by atoms with van der Waals surface area (Å²) >= 11 is 0. The molecule has 22 heavy (non-hydrogen) atoms. The lowest BCUT2D eigenvalue weighted by molar-refractivity contribution is -0.143. The highest BCUT2D eigenvalue weighted by Gasteiger charge is 2.28. The van der Waals surface area contributed by atoms with Crippen molar-refractivity contribution in [1.29, 1.82) is 0 Å². The van der Waals surface area contributed by atoms with Crippen LogP contribution in [0.4, 0.5) is 4.79 Å². The zero-order valence-corrected chi connectivity index (χ0v) is 13.0. The second-order valence-electron chi connectivity index (χ2n) is 5.87. The van der Waals surface area contributed by atoms with Gasteiger partial charge < -0.3 is 15.3 Å². The van der Waals surface area contributed by atoms with E-state index in [4.69, 9.17) is 5.11 Å². The Morgan fingerprint density at radius 2 is 2.09 bits per heavy atom. The summed E-state index contributed by atoms with van der Waals surface area (Å²) in [5, 5.41) is 12.1. The van der Waals surface area contributed by atoms with E-state index in [0.717, 1.165) is 19.3 Å². The molecule has 1 aliphatic rings. The van der Waals surface area contributed by atoms with Crippen LogP contribution in [0.1, 0.15) is 31.7 Å². The Morgan fingerprint density at radius 1 is 1.36 bits per heavy atom. The van der Waals surface area contributed by atoms with E-state index in [0.29, 0.717) is 19.5 Å².